The highest BCUT2D eigenvalue weighted by molar-refractivity contribution is 6.04. The first-order valence-corrected chi connectivity index (χ1v) is 10.7. The second kappa shape index (κ2) is 6.98. The molecule has 8 nitrogen and oxygen atoms in total. The van der Waals surface area contributed by atoms with Crippen molar-refractivity contribution < 1.29 is 14.5 Å². The lowest BCUT2D eigenvalue weighted by Gasteiger charge is -2.21. The van der Waals surface area contributed by atoms with E-state index in [0.29, 0.717) is 25.3 Å². The standard InChI is InChI=1S/C25H20N4O4/c1-27-22-11-16(7-8-17(22)12-26-27)19-9-10-21(29(31)32)23-20(19)13-28(24(23)30)14-25(15-33-25)18-5-3-2-4-6-18/h2-12H,13-15H2,1H3. The third kappa shape index (κ3) is 3.02. The lowest BCUT2D eigenvalue weighted by atomic mass is 9.95. The van der Waals surface area contributed by atoms with Crippen LogP contribution < -0.4 is 0 Å². The molecule has 0 aliphatic carbocycles. The van der Waals surface area contributed by atoms with E-state index in [1.165, 1.54) is 6.07 Å². The quantitative estimate of drug-likeness (QED) is 0.265. The molecule has 6 rings (SSSR count). The summed E-state index contributed by atoms with van der Waals surface area (Å²) < 4.78 is 7.59. The van der Waals surface area contributed by atoms with Gasteiger partial charge in [-0.15, -0.1) is 0 Å². The van der Waals surface area contributed by atoms with Crippen molar-refractivity contribution in [2.24, 2.45) is 7.05 Å². The maximum Gasteiger partial charge on any atom is 0.282 e. The molecule has 1 unspecified atom stereocenters. The van der Waals surface area contributed by atoms with Crippen molar-refractivity contribution in [3.8, 4) is 11.1 Å². The van der Waals surface area contributed by atoms with Crippen LogP contribution in [0.4, 0.5) is 5.69 Å². The van der Waals surface area contributed by atoms with Gasteiger partial charge in [0.15, 0.2) is 0 Å². The smallest absolute Gasteiger partial charge is 0.282 e. The number of carbonyl (C=O) groups excluding carboxylic acids is 1. The maximum atomic E-state index is 13.4. The van der Waals surface area contributed by atoms with Gasteiger partial charge in [-0.05, 0) is 34.4 Å². The van der Waals surface area contributed by atoms with E-state index in [2.05, 4.69) is 5.10 Å². The average Bonchev–Trinajstić information content (AvgIpc) is 3.43. The Bertz CT molecular complexity index is 1440. The van der Waals surface area contributed by atoms with Crippen LogP contribution in [0.1, 0.15) is 21.5 Å². The van der Waals surface area contributed by atoms with Crippen LogP contribution in [-0.2, 0) is 23.9 Å². The number of amides is 1. The van der Waals surface area contributed by atoms with Crippen LogP contribution in [0.5, 0.6) is 0 Å². The molecule has 2 aliphatic rings. The number of hydrogen-bond donors (Lipinski definition) is 0. The predicted molar refractivity (Wildman–Crippen MR) is 122 cm³/mol. The summed E-state index contributed by atoms with van der Waals surface area (Å²) in [6, 6.07) is 18.9. The summed E-state index contributed by atoms with van der Waals surface area (Å²) in [6.45, 7) is 1.16. The van der Waals surface area contributed by atoms with Gasteiger partial charge in [0.1, 0.15) is 11.2 Å². The van der Waals surface area contributed by atoms with Crippen molar-refractivity contribution in [1.29, 1.82) is 0 Å². The lowest BCUT2D eigenvalue weighted by molar-refractivity contribution is -0.385. The van der Waals surface area contributed by atoms with Crippen LogP contribution in [0.2, 0.25) is 0 Å². The number of epoxide rings is 1. The van der Waals surface area contributed by atoms with E-state index < -0.39 is 10.5 Å². The highest BCUT2D eigenvalue weighted by Crippen LogP contribution is 2.44. The van der Waals surface area contributed by atoms with Crippen molar-refractivity contribution in [3.05, 3.63) is 93.7 Å². The normalized spacial score (nSPS) is 19.2. The van der Waals surface area contributed by atoms with E-state index in [4.69, 9.17) is 4.74 Å². The summed E-state index contributed by atoms with van der Waals surface area (Å²) in [6.07, 6.45) is 1.79. The van der Waals surface area contributed by atoms with E-state index >= 15 is 0 Å². The van der Waals surface area contributed by atoms with Gasteiger partial charge in [-0.3, -0.25) is 19.6 Å². The molecule has 3 heterocycles. The highest BCUT2D eigenvalue weighted by Gasteiger charge is 2.50. The molecular formula is C25H20N4O4. The third-order valence-corrected chi connectivity index (χ3v) is 6.64. The number of benzene rings is 3. The second-order valence-corrected chi connectivity index (χ2v) is 8.59. The first-order valence-electron chi connectivity index (χ1n) is 10.7. The van der Waals surface area contributed by atoms with E-state index in [1.54, 1.807) is 21.8 Å². The van der Waals surface area contributed by atoms with Crippen molar-refractivity contribution in [2.75, 3.05) is 13.2 Å². The fourth-order valence-electron chi connectivity index (χ4n) is 4.81. The predicted octanol–water partition coefficient (Wildman–Crippen LogP) is 4.03. The number of ether oxygens (including phenoxy) is 1. The minimum absolute atomic E-state index is 0.159. The Morgan fingerprint density at radius 3 is 2.67 bits per heavy atom. The number of aryl methyl sites for hydroxylation is 1. The Labute approximate surface area is 189 Å². The van der Waals surface area contributed by atoms with Crippen LogP contribution in [0, 0.1) is 10.1 Å². The first kappa shape index (κ1) is 19.6. The van der Waals surface area contributed by atoms with Gasteiger partial charge in [-0.25, -0.2) is 0 Å². The number of rotatable bonds is 5. The van der Waals surface area contributed by atoms with E-state index in [9.17, 15) is 14.9 Å². The van der Waals surface area contributed by atoms with Crippen LogP contribution in [0.25, 0.3) is 22.0 Å². The minimum atomic E-state index is -0.554. The van der Waals surface area contributed by atoms with E-state index in [0.717, 1.165) is 27.6 Å². The van der Waals surface area contributed by atoms with Crippen molar-refractivity contribution in [3.63, 3.8) is 0 Å². The topological polar surface area (TPSA) is 93.8 Å². The first-order chi connectivity index (χ1) is 16.0. The number of fused-ring (bicyclic) bond motifs is 2. The molecule has 4 aromatic rings. The fraction of sp³-hybridized carbons (Fsp3) is 0.200. The Morgan fingerprint density at radius 1 is 1.15 bits per heavy atom. The van der Waals surface area contributed by atoms with Crippen LogP contribution in [0.15, 0.2) is 66.9 Å². The van der Waals surface area contributed by atoms with Gasteiger partial charge < -0.3 is 9.64 Å². The van der Waals surface area contributed by atoms with Crippen molar-refractivity contribution >= 4 is 22.5 Å². The monoisotopic (exact) mass is 440 g/mol. The molecule has 33 heavy (non-hydrogen) atoms. The van der Waals surface area contributed by atoms with Crippen molar-refractivity contribution in [2.45, 2.75) is 12.1 Å². The summed E-state index contributed by atoms with van der Waals surface area (Å²) >= 11 is 0. The van der Waals surface area contributed by atoms with Crippen molar-refractivity contribution in [1.82, 2.24) is 14.7 Å². The molecule has 1 atom stereocenters. The molecule has 0 saturated carbocycles. The number of hydrogen-bond acceptors (Lipinski definition) is 5. The molecule has 8 heteroatoms. The number of carbonyl (C=O) groups is 1. The molecule has 164 valence electrons. The summed E-state index contributed by atoms with van der Waals surface area (Å²) in [5, 5.41) is 17.1. The van der Waals surface area contributed by atoms with Gasteiger partial charge in [0.05, 0.1) is 29.8 Å². The van der Waals surface area contributed by atoms with Gasteiger partial charge in [0.2, 0.25) is 0 Å². The van der Waals surface area contributed by atoms with Crippen LogP contribution in [-0.4, -0.2) is 38.7 Å². The largest absolute Gasteiger partial charge is 0.363 e. The van der Waals surface area contributed by atoms with Crippen LogP contribution in [0.3, 0.4) is 0 Å². The molecule has 2 aliphatic heterocycles. The number of nitro benzene ring substituents is 1. The number of nitro groups is 1. The van der Waals surface area contributed by atoms with E-state index in [1.807, 2.05) is 55.6 Å². The molecule has 0 N–H and O–H groups in total. The molecule has 3 aromatic carbocycles. The third-order valence-electron chi connectivity index (χ3n) is 6.64. The molecule has 1 amide bonds. The average molecular weight is 440 g/mol. The Morgan fingerprint density at radius 2 is 1.94 bits per heavy atom. The lowest BCUT2D eigenvalue weighted by Crippen LogP contribution is -2.33. The minimum Gasteiger partial charge on any atom is -0.363 e. The molecule has 1 fully saturated rings. The summed E-state index contributed by atoms with van der Waals surface area (Å²) in [4.78, 5) is 26.4. The Balaban J connectivity index is 1.43. The molecule has 0 spiro atoms. The van der Waals surface area contributed by atoms with Gasteiger partial charge in [0, 0.05) is 25.0 Å². The molecule has 0 bridgehead atoms. The number of aromatic nitrogens is 2. The zero-order valence-electron chi connectivity index (χ0n) is 17.9. The summed E-state index contributed by atoms with van der Waals surface area (Å²) in [7, 11) is 1.87. The fourth-order valence-corrected chi connectivity index (χ4v) is 4.81. The zero-order chi connectivity index (χ0) is 22.7. The molecule has 1 aromatic heterocycles. The van der Waals surface area contributed by atoms with Gasteiger partial charge in [-0.1, -0.05) is 42.5 Å². The van der Waals surface area contributed by atoms with Gasteiger partial charge in [-0.2, -0.15) is 5.10 Å². The SMILES string of the molecule is Cn1ncc2ccc(-c3ccc([N+](=O)[O-])c4c3CN(CC3(c5ccccc5)CO3)C4=O)cc21. The van der Waals surface area contributed by atoms with Gasteiger partial charge in [0.25, 0.3) is 11.6 Å². The zero-order valence-corrected chi connectivity index (χ0v) is 17.9. The molecular weight excluding hydrogens is 420 g/mol. The number of nitrogens with zero attached hydrogens (tertiary/aromatic N) is 4. The molecule has 1 saturated heterocycles. The van der Waals surface area contributed by atoms with Gasteiger partial charge >= 0.3 is 0 Å². The Hall–Kier alpha value is -4.04. The van der Waals surface area contributed by atoms with E-state index in [-0.39, 0.29) is 17.2 Å². The highest BCUT2D eigenvalue weighted by atomic mass is 16.6. The van der Waals surface area contributed by atoms with Crippen LogP contribution >= 0.6 is 0 Å². The molecule has 0 radical (unpaired) electrons. The maximum absolute atomic E-state index is 13.4. The Kier molecular flexibility index (Phi) is 4.15. The summed E-state index contributed by atoms with van der Waals surface area (Å²) in [5.74, 6) is -0.328. The summed E-state index contributed by atoms with van der Waals surface area (Å²) in [5.41, 5.74) is 3.81. The second-order valence-electron chi connectivity index (χ2n) is 8.59.